The maximum atomic E-state index is 13.2. The number of nitrogens with zero attached hydrogens (tertiary/aromatic N) is 2. The summed E-state index contributed by atoms with van der Waals surface area (Å²) in [5, 5.41) is 2.46. The van der Waals surface area contributed by atoms with Gasteiger partial charge < -0.3 is 15.0 Å². The van der Waals surface area contributed by atoms with Crippen LogP contribution in [0.2, 0.25) is 0 Å². The first-order valence-corrected chi connectivity index (χ1v) is 11.7. The smallest absolute Gasteiger partial charge is 0.321 e. The third kappa shape index (κ3) is 4.29. The molecule has 0 radical (unpaired) electrons. The molecular formula is C22H27N3O4S. The topological polar surface area (TPSA) is 79.0 Å². The van der Waals surface area contributed by atoms with Crippen molar-refractivity contribution in [2.24, 2.45) is 5.92 Å². The molecule has 0 unspecified atom stereocenters. The molecule has 160 valence electrons. The van der Waals surface area contributed by atoms with Crippen molar-refractivity contribution >= 4 is 21.7 Å². The number of hydrogen-bond acceptors (Lipinski definition) is 4. The summed E-state index contributed by atoms with van der Waals surface area (Å²) in [6.45, 7) is 1.84. The van der Waals surface area contributed by atoms with Crippen LogP contribution in [0, 0.1) is 5.92 Å². The molecule has 2 saturated heterocycles. The quantitative estimate of drug-likeness (QED) is 0.810. The molecule has 2 aromatic rings. The van der Waals surface area contributed by atoms with E-state index in [2.05, 4.69) is 5.32 Å². The summed E-state index contributed by atoms with van der Waals surface area (Å²) in [5.74, 6) is 0.758. The van der Waals surface area contributed by atoms with Gasteiger partial charge in [0.1, 0.15) is 5.75 Å². The van der Waals surface area contributed by atoms with Crippen LogP contribution in [0.3, 0.4) is 0 Å². The van der Waals surface area contributed by atoms with Gasteiger partial charge in [-0.05, 0) is 48.6 Å². The lowest BCUT2D eigenvalue weighted by atomic mass is 10.0. The molecule has 0 aromatic heterocycles. The molecule has 0 saturated carbocycles. The van der Waals surface area contributed by atoms with E-state index in [1.165, 1.54) is 0 Å². The Hall–Kier alpha value is -2.58. The molecule has 2 aliphatic heterocycles. The Bertz CT molecular complexity index is 996. The second-order valence-electron chi connectivity index (χ2n) is 7.85. The normalized spacial score (nSPS) is 23.4. The van der Waals surface area contributed by atoms with Gasteiger partial charge in [0.05, 0.1) is 12.4 Å². The average molecular weight is 430 g/mol. The molecule has 30 heavy (non-hydrogen) atoms. The zero-order valence-corrected chi connectivity index (χ0v) is 17.8. The van der Waals surface area contributed by atoms with Crippen LogP contribution < -0.4 is 10.1 Å². The van der Waals surface area contributed by atoms with Crippen molar-refractivity contribution in [1.29, 1.82) is 0 Å². The number of rotatable bonds is 4. The minimum absolute atomic E-state index is 0.0372. The second kappa shape index (κ2) is 8.65. The Morgan fingerprint density at radius 2 is 1.87 bits per heavy atom. The van der Waals surface area contributed by atoms with E-state index < -0.39 is 15.3 Å². The highest BCUT2D eigenvalue weighted by Crippen LogP contribution is 2.35. The first kappa shape index (κ1) is 20.7. The molecule has 0 spiro atoms. The fourth-order valence-corrected chi connectivity index (χ4v) is 6.58. The minimum Gasteiger partial charge on any atom is -0.497 e. The van der Waals surface area contributed by atoms with E-state index in [1.54, 1.807) is 16.3 Å². The van der Waals surface area contributed by atoms with Gasteiger partial charge in [-0.15, -0.1) is 0 Å². The highest BCUT2D eigenvalue weighted by molar-refractivity contribution is 7.90. The molecule has 2 fully saturated rings. The molecule has 2 atom stereocenters. The van der Waals surface area contributed by atoms with Gasteiger partial charge in [0.15, 0.2) is 0 Å². The standard InChI is InChI=1S/C22H27N3O4S/c1-29-20-9-5-6-17(14-20)15-25-16-18-10-12-24(13-11-21(18)30(25,27)28)22(26)23-19-7-3-2-4-8-19/h2-9,14,18,21H,10-13,15-16H2,1H3,(H,23,26)/t18-,21-/m0/s1. The number of nitrogens with one attached hydrogen (secondary N) is 1. The highest BCUT2D eigenvalue weighted by atomic mass is 32.2. The van der Waals surface area contributed by atoms with Gasteiger partial charge in [-0.2, -0.15) is 4.31 Å². The zero-order valence-electron chi connectivity index (χ0n) is 17.0. The van der Waals surface area contributed by atoms with E-state index in [9.17, 15) is 13.2 Å². The van der Waals surface area contributed by atoms with Crippen molar-refractivity contribution in [2.45, 2.75) is 24.6 Å². The minimum atomic E-state index is -3.40. The monoisotopic (exact) mass is 429 g/mol. The van der Waals surface area contributed by atoms with Crippen LogP contribution in [0.15, 0.2) is 54.6 Å². The van der Waals surface area contributed by atoms with Crippen molar-refractivity contribution < 1.29 is 17.9 Å². The van der Waals surface area contributed by atoms with Crippen molar-refractivity contribution in [2.75, 3.05) is 32.1 Å². The lowest BCUT2D eigenvalue weighted by Crippen LogP contribution is -2.37. The third-order valence-electron chi connectivity index (χ3n) is 5.97. The lowest BCUT2D eigenvalue weighted by molar-refractivity contribution is 0.212. The number of fused-ring (bicyclic) bond motifs is 1. The lowest BCUT2D eigenvalue weighted by Gasteiger charge is -2.22. The maximum Gasteiger partial charge on any atom is 0.321 e. The molecular weight excluding hydrogens is 402 g/mol. The highest BCUT2D eigenvalue weighted by Gasteiger charge is 2.47. The predicted molar refractivity (Wildman–Crippen MR) is 116 cm³/mol. The summed E-state index contributed by atoms with van der Waals surface area (Å²) in [6, 6.07) is 16.6. The summed E-state index contributed by atoms with van der Waals surface area (Å²) in [7, 11) is -1.80. The molecule has 2 aliphatic rings. The van der Waals surface area contributed by atoms with Crippen molar-refractivity contribution in [3.63, 3.8) is 0 Å². The van der Waals surface area contributed by atoms with Crippen LogP contribution in [0.5, 0.6) is 5.75 Å². The van der Waals surface area contributed by atoms with Gasteiger partial charge in [-0.3, -0.25) is 0 Å². The molecule has 2 aromatic carbocycles. The molecule has 8 heteroatoms. The molecule has 2 heterocycles. The summed E-state index contributed by atoms with van der Waals surface area (Å²) in [5.41, 5.74) is 1.65. The second-order valence-corrected chi connectivity index (χ2v) is 10.00. The molecule has 1 N–H and O–H groups in total. The fraction of sp³-hybridized carbons (Fsp3) is 0.409. The van der Waals surface area contributed by atoms with E-state index in [0.29, 0.717) is 39.0 Å². The van der Waals surface area contributed by atoms with E-state index in [0.717, 1.165) is 17.0 Å². The Morgan fingerprint density at radius 3 is 2.63 bits per heavy atom. The summed E-state index contributed by atoms with van der Waals surface area (Å²) >= 11 is 0. The summed E-state index contributed by atoms with van der Waals surface area (Å²) < 4.78 is 33.2. The molecule has 0 bridgehead atoms. The molecule has 0 aliphatic carbocycles. The zero-order chi connectivity index (χ0) is 21.1. The Morgan fingerprint density at radius 1 is 1.10 bits per heavy atom. The number of amides is 2. The molecule has 7 nitrogen and oxygen atoms in total. The number of hydrogen-bond donors (Lipinski definition) is 1. The number of benzene rings is 2. The van der Waals surface area contributed by atoms with Gasteiger partial charge in [0, 0.05) is 31.9 Å². The number of ether oxygens (including phenoxy) is 1. The van der Waals surface area contributed by atoms with Crippen molar-refractivity contribution in [1.82, 2.24) is 9.21 Å². The number of likely N-dealkylation sites (tertiary alicyclic amines) is 1. The van der Waals surface area contributed by atoms with Gasteiger partial charge in [-0.1, -0.05) is 30.3 Å². The number of carbonyl (C=O) groups excluding carboxylic acids is 1. The van der Waals surface area contributed by atoms with Crippen molar-refractivity contribution in [3.05, 3.63) is 60.2 Å². The van der Waals surface area contributed by atoms with Crippen LogP contribution in [-0.4, -0.2) is 55.6 Å². The van der Waals surface area contributed by atoms with Crippen LogP contribution >= 0.6 is 0 Å². The Labute approximate surface area is 177 Å². The molecule has 2 amide bonds. The number of sulfonamides is 1. The van der Waals surface area contributed by atoms with E-state index in [-0.39, 0.29) is 11.9 Å². The summed E-state index contributed by atoms with van der Waals surface area (Å²) in [6.07, 6.45) is 1.14. The van der Waals surface area contributed by atoms with Crippen molar-refractivity contribution in [3.8, 4) is 5.75 Å². The largest absolute Gasteiger partial charge is 0.497 e. The number of anilines is 1. The Kier molecular flexibility index (Phi) is 5.97. The SMILES string of the molecule is COc1cccc(CN2C[C@@H]3CCN(C(=O)Nc4ccccc4)CC[C@@H]3S2(=O)=O)c1. The number of methoxy groups -OCH3 is 1. The molecule has 4 rings (SSSR count). The first-order valence-electron chi connectivity index (χ1n) is 10.2. The van der Waals surface area contributed by atoms with Gasteiger partial charge in [0.2, 0.25) is 10.0 Å². The van der Waals surface area contributed by atoms with Gasteiger partial charge >= 0.3 is 6.03 Å². The number of urea groups is 1. The Balaban J connectivity index is 1.41. The fourth-order valence-electron chi connectivity index (χ4n) is 4.35. The maximum absolute atomic E-state index is 13.2. The van der Waals surface area contributed by atoms with Crippen LogP contribution in [0.1, 0.15) is 18.4 Å². The van der Waals surface area contributed by atoms with E-state index >= 15 is 0 Å². The summed E-state index contributed by atoms with van der Waals surface area (Å²) in [4.78, 5) is 14.3. The number of carbonyl (C=O) groups is 1. The first-order chi connectivity index (χ1) is 14.5. The number of para-hydroxylation sites is 1. The van der Waals surface area contributed by atoms with Crippen LogP contribution in [-0.2, 0) is 16.6 Å². The predicted octanol–water partition coefficient (Wildman–Crippen LogP) is 3.15. The average Bonchev–Trinajstić information content (AvgIpc) is 2.89. The van der Waals surface area contributed by atoms with E-state index in [1.807, 2.05) is 54.6 Å². The van der Waals surface area contributed by atoms with Gasteiger partial charge in [0.25, 0.3) is 0 Å². The third-order valence-corrected chi connectivity index (χ3v) is 8.35. The van der Waals surface area contributed by atoms with Crippen LogP contribution in [0.25, 0.3) is 0 Å². The van der Waals surface area contributed by atoms with Gasteiger partial charge in [-0.25, -0.2) is 13.2 Å². The van der Waals surface area contributed by atoms with E-state index in [4.69, 9.17) is 4.74 Å². The van der Waals surface area contributed by atoms with Crippen LogP contribution in [0.4, 0.5) is 10.5 Å².